The number of aryl methyl sites for hydroxylation is 1. The number of rotatable bonds is 8. The van der Waals surface area contributed by atoms with Gasteiger partial charge in [0.2, 0.25) is 5.91 Å². The van der Waals surface area contributed by atoms with Gasteiger partial charge in [-0.05, 0) is 36.2 Å². The van der Waals surface area contributed by atoms with Crippen LogP contribution in [0.3, 0.4) is 0 Å². The van der Waals surface area contributed by atoms with Crippen molar-refractivity contribution in [2.75, 3.05) is 30.0 Å². The Morgan fingerprint density at radius 1 is 1.00 bits per heavy atom. The molecule has 1 N–H and O–H groups in total. The first-order chi connectivity index (χ1) is 15.2. The molecule has 3 aromatic rings. The summed E-state index contributed by atoms with van der Waals surface area (Å²) in [5.41, 5.74) is 2.44. The second-order valence-electron chi connectivity index (χ2n) is 7.21. The first kappa shape index (κ1) is 20.5. The second-order valence-corrected chi connectivity index (χ2v) is 7.21. The van der Waals surface area contributed by atoms with Crippen LogP contribution in [-0.2, 0) is 16.0 Å². The number of fused-ring (bicyclic) bond motifs is 1. The molecule has 0 saturated carbocycles. The van der Waals surface area contributed by atoms with Crippen molar-refractivity contribution in [1.82, 2.24) is 0 Å². The monoisotopic (exact) mass is 416 g/mol. The van der Waals surface area contributed by atoms with Crippen molar-refractivity contribution in [3.8, 4) is 11.5 Å². The molecule has 0 aliphatic carbocycles. The number of para-hydroxylation sites is 1. The molecule has 0 spiro atoms. The fourth-order valence-electron chi connectivity index (χ4n) is 3.42. The van der Waals surface area contributed by atoms with Crippen molar-refractivity contribution < 1.29 is 19.1 Å². The Bertz CT molecular complexity index is 1040. The van der Waals surface area contributed by atoms with Crippen LogP contribution in [0.4, 0.5) is 11.4 Å². The number of anilines is 2. The first-order valence-electron chi connectivity index (χ1n) is 10.3. The Balaban J connectivity index is 1.35. The molecule has 0 unspecified atom stereocenters. The van der Waals surface area contributed by atoms with Gasteiger partial charge in [0, 0.05) is 18.2 Å². The van der Waals surface area contributed by atoms with Crippen molar-refractivity contribution >= 4 is 23.2 Å². The number of hydrogen-bond donors (Lipinski definition) is 1. The number of carbonyl (C=O) groups is 2. The van der Waals surface area contributed by atoms with E-state index in [0.29, 0.717) is 43.1 Å². The summed E-state index contributed by atoms with van der Waals surface area (Å²) in [5, 5.41) is 2.91. The Morgan fingerprint density at radius 3 is 2.52 bits per heavy atom. The van der Waals surface area contributed by atoms with Crippen molar-refractivity contribution in [2.24, 2.45) is 0 Å². The minimum atomic E-state index is -0.121. The lowest BCUT2D eigenvalue weighted by Gasteiger charge is -2.29. The largest absolute Gasteiger partial charge is 0.492 e. The number of ether oxygens (including phenoxy) is 2. The topological polar surface area (TPSA) is 67.9 Å². The zero-order valence-electron chi connectivity index (χ0n) is 17.1. The maximum absolute atomic E-state index is 12.4. The van der Waals surface area contributed by atoms with Gasteiger partial charge in [0.1, 0.15) is 18.1 Å². The van der Waals surface area contributed by atoms with Crippen LogP contribution in [0.5, 0.6) is 11.5 Å². The molecule has 158 valence electrons. The second kappa shape index (κ2) is 9.80. The Hall–Kier alpha value is -3.80. The number of benzene rings is 3. The van der Waals surface area contributed by atoms with E-state index in [4.69, 9.17) is 9.47 Å². The number of nitrogens with one attached hydrogen (secondary N) is 1. The third-order valence-electron chi connectivity index (χ3n) is 5.00. The summed E-state index contributed by atoms with van der Waals surface area (Å²) in [6.45, 7) is 0.740. The smallest absolute Gasteiger partial charge is 0.265 e. The molecule has 0 aromatic heterocycles. The van der Waals surface area contributed by atoms with E-state index in [9.17, 15) is 9.59 Å². The Morgan fingerprint density at radius 2 is 1.74 bits per heavy atom. The van der Waals surface area contributed by atoms with E-state index in [1.807, 2.05) is 60.7 Å². The number of hydrogen-bond acceptors (Lipinski definition) is 4. The van der Waals surface area contributed by atoms with Gasteiger partial charge in [-0.25, -0.2) is 0 Å². The van der Waals surface area contributed by atoms with Crippen molar-refractivity contribution in [1.29, 1.82) is 0 Å². The van der Waals surface area contributed by atoms with Gasteiger partial charge >= 0.3 is 0 Å². The minimum Gasteiger partial charge on any atom is -0.492 e. The van der Waals surface area contributed by atoms with Crippen molar-refractivity contribution in [2.45, 2.75) is 12.8 Å². The maximum atomic E-state index is 12.4. The summed E-state index contributed by atoms with van der Waals surface area (Å²) < 4.78 is 11.3. The highest BCUT2D eigenvalue weighted by atomic mass is 16.5. The molecule has 0 saturated heterocycles. The molecule has 0 bridgehead atoms. The molecule has 1 aliphatic rings. The van der Waals surface area contributed by atoms with Gasteiger partial charge in [-0.2, -0.15) is 0 Å². The summed E-state index contributed by atoms with van der Waals surface area (Å²) in [7, 11) is 0. The number of amides is 2. The average Bonchev–Trinajstić information content (AvgIpc) is 2.80. The summed E-state index contributed by atoms with van der Waals surface area (Å²) in [6.07, 6.45) is 1.07. The van der Waals surface area contributed by atoms with E-state index in [1.54, 1.807) is 23.1 Å². The highest BCUT2D eigenvalue weighted by Gasteiger charge is 2.25. The van der Waals surface area contributed by atoms with E-state index >= 15 is 0 Å². The summed E-state index contributed by atoms with van der Waals surface area (Å²) in [5.74, 6) is 1.14. The Kier molecular flexibility index (Phi) is 6.47. The highest BCUT2D eigenvalue weighted by molar-refractivity contribution is 5.99. The molecular weight excluding hydrogens is 392 g/mol. The standard InChI is InChI=1S/C25H24N2O4/c28-24(14-11-19-7-3-1-4-8-19)26-20-12-13-22-23(17-20)31-18-25(29)27(22)15-16-30-21-9-5-2-6-10-21/h1-10,12-13,17H,11,14-16,18H2,(H,26,28). The first-order valence-corrected chi connectivity index (χ1v) is 10.3. The van der Waals surface area contributed by atoms with Crippen LogP contribution in [0.1, 0.15) is 12.0 Å². The van der Waals surface area contributed by atoms with Crippen LogP contribution in [0, 0.1) is 0 Å². The highest BCUT2D eigenvalue weighted by Crippen LogP contribution is 2.34. The third-order valence-corrected chi connectivity index (χ3v) is 5.00. The normalized spacial score (nSPS) is 12.6. The zero-order chi connectivity index (χ0) is 21.5. The van der Waals surface area contributed by atoms with Crippen LogP contribution in [0.2, 0.25) is 0 Å². The van der Waals surface area contributed by atoms with Crippen LogP contribution >= 0.6 is 0 Å². The van der Waals surface area contributed by atoms with Gasteiger partial charge in [-0.15, -0.1) is 0 Å². The van der Waals surface area contributed by atoms with Gasteiger partial charge in [0.05, 0.1) is 12.2 Å². The summed E-state index contributed by atoms with van der Waals surface area (Å²) in [4.78, 5) is 26.3. The van der Waals surface area contributed by atoms with E-state index < -0.39 is 0 Å². The maximum Gasteiger partial charge on any atom is 0.265 e. The fourth-order valence-corrected chi connectivity index (χ4v) is 3.42. The predicted octanol–water partition coefficient (Wildman–Crippen LogP) is 4.06. The van der Waals surface area contributed by atoms with Gasteiger partial charge in [-0.1, -0.05) is 48.5 Å². The van der Waals surface area contributed by atoms with Crippen molar-refractivity contribution in [3.05, 3.63) is 84.4 Å². The number of nitrogens with zero attached hydrogens (tertiary/aromatic N) is 1. The van der Waals surface area contributed by atoms with Gasteiger partial charge in [0.15, 0.2) is 6.61 Å². The van der Waals surface area contributed by atoms with Gasteiger partial charge < -0.3 is 19.7 Å². The minimum absolute atomic E-state index is 0.0380. The quantitative estimate of drug-likeness (QED) is 0.601. The molecule has 1 aliphatic heterocycles. The van der Waals surface area contributed by atoms with Gasteiger partial charge in [-0.3, -0.25) is 9.59 Å². The van der Waals surface area contributed by atoms with Crippen LogP contribution in [-0.4, -0.2) is 31.6 Å². The van der Waals surface area contributed by atoms with E-state index in [-0.39, 0.29) is 18.4 Å². The molecule has 0 atom stereocenters. The fraction of sp³-hybridized carbons (Fsp3) is 0.200. The average molecular weight is 416 g/mol. The lowest BCUT2D eigenvalue weighted by Crippen LogP contribution is -2.41. The molecule has 3 aromatic carbocycles. The molecule has 4 rings (SSSR count). The van der Waals surface area contributed by atoms with E-state index in [0.717, 1.165) is 11.3 Å². The molecule has 2 amide bonds. The molecule has 6 nitrogen and oxygen atoms in total. The molecule has 0 fully saturated rings. The van der Waals surface area contributed by atoms with Crippen LogP contribution in [0.25, 0.3) is 0 Å². The molecule has 6 heteroatoms. The van der Waals surface area contributed by atoms with Crippen molar-refractivity contribution in [3.63, 3.8) is 0 Å². The third kappa shape index (κ3) is 5.42. The van der Waals surface area contributed by atoms with E-state index in [1.165, 1.54) is 0 Å². The van der Waals surface area contributed by atoms with Crippen LogP contribution in [0.15, 0.2) is 78.9 Å². The van der Waals surface area contributed by atoms with Crippen LogP contribution < -0.4 is 19.7 Å². The molecule has 1 heterocycles. The summed E-state index contributed by atoms with van der Waals surface area (Å²) >= 11 is 0. The Labute approximate surface area is 181 Å². The molecule has 0 radical (unpaired) electrons. The molecule has 31 heavy (non-hydrogen) atoms. The zero-order valence-corrected chi connectivity index (χ0v) is 17.1. The SMILES string of the molecule is O=C(CCc1ccccc1)Nc1ccc2c(c1)OCC(=O)N2CCOc1ccccc1. The lowest BCUT2D eigenvalue weighted by molar-refractivity contribution is -0.121. The lowest BCUT2D eigenvalue weighted by atomic mass is 10.1. The van der Waals surface area contributed by atoms with Gasteiger partial charge in [0.25, 0.3) is 5.91 Å². The number of carbonyl (C=O) groups excluding carboxylic acids is 2. The predicted molar refractivity (Wildman–Crippen MR) is 120 cm³/mol. The molecular formula is C25H24N2O4. The summed E-state index contributed by atoms with van der Waals surface area (Å²) in [6, 6.07) is 24.7. The van der Waals surface area contributed by atoms with E-state index in [2.05, 4.69) is 5.32 Å².